The van der Waals surface area contributed by atoms with Crippen LogP contribution in [-0.4, -0.2) is 21.0 Å². The molecule has 2 rings (SSSR count). The Balaban J connectivity index is 2.05. The van der Waals surface area contributed by atoms with Gasteiger partial charge in [0.1, 0.15) is 11.5 Å². The van der Waals surface area contributed by atoms with Crippen LogP contribution in [0.1, 0.15) is 11.4 Å². The molecule has 0 aliphatic heterocycles. The number of rotatable bonds is 5. The highest BCUT2D eigenvalue weighted by molar-refractivity contribution is 5.62. The number of anilines is 1. The first-order valence-corrected chi connectivity index (χ1v) is 6.03. The summed E-state index contributed by atoms with van der Waals surface area (Å²) in [5.41, 5.74) is 1.65. The molecule has 6 heteroatoms. The maximum atomic E-state index is 10.9. The number of aryl methyl sites for hydroxylation is 2. The Morgan fingerprint density at radius 1 is 1.47 bits per heavy atom. The van der Waals surface area contributed by atoms with E-state index >= 15 is 0 Å². The number of nitrogens with one attached hydrogen (secondary N) is 1. The van der Waals surface area contributed by atoms with Gasteiger partial charge < -0.3 is 9.88 Å². The third-order valence-electron chi connectivity index (χ3n) is 2.93. The first-order valence-electron chi connectivity index (χ1n) is 6.03. The molecule has 2 aromatic rings. The molecule has 6 nitrogen and oxygen atoms in total. The molecule has 1 aromatic heterocycles. The molecule has 0 spiro atoms. The van der Waals surface area contributed by atoms with Crippen molar-refractivity contribution in [3.8, 4) is 0 Å². The van der Waals surface area contributed by atoms with Crippen LogP contribution in [0.4, 0.5) is 11.4 Å². The second-order valence-corrected chi connectivity index (χ2v) is 4.41. The van der Waals surface area contributed by atoms with Gasteiger partial charge in [-0.1, -0.05) is 6.07 Å². The quantitative estimate of drug-likeness (QED) is 0.661. The summed E-state index contributed by atoms with van der Waals surface area (Å²) in [4.78, 5) is 14.8. The zero-order valence-corrected chi connectivity index (χ0v) is 11.0. The van der Waals surface area contributed by atoms with Crippen molar-refractivity contribution in [2.45, 2.75) is 13.3 Å². The fourth-order valence-corrected chi connectivity index (χ4v) is 1.90. The summed E-state index contributed by atoms with van der Waals surface area (Å²) in [6.07, 6.45) is 4.34. The molecule has 19 heavy (non-hydrogen) atoms. The number of hydrogen-bond acceptors (Lipinski definition) is 4. The molecule has 0 saturated heterocycles. The Kier molecular flexibility index (Phi) is 3.79. The van der Waals surface area contributed by atoms with Crippen LogP contribution in [0.2, 0.25) is 0 Å². The molecule has 0 aliphatic carbocycles. The smallest absolute Gasteiger partial charge is 0.292 e. The lowest BCUT2D eigenvalue weighted by Gasteiger charge is -2.08. The number of aromatic nitrogens is 2. The highest BCUT2D eigenvalue weighted by atomic mass is 16.6. The summed E-state index contributed by atoms with van der Waals surface area (Å²) in [6.45, 7) is 2.52. The van der Waals surface area contributed by atoms with Crippen molar-refractivity contribution in [1.82, 2.24) is 9.55 Å². The molecule has 0 atom stereocenters. The molecule has 1 N–H and O–H groups in total. The first kappa shape index (κ1) is 13.1. The van der Waals surface area contributed by atoms with Gasteiger partial charge in [-0.2, -0.15) is 0 Å². The molecule has 0 amide bonds. The van der Waals surface area contributed by atoms with Crippen molar-refractivity contribution in [2.75, 3.05) is 11.9 Å². The van der Waals surface area contributed by atoms with E-state index in [1.54, 1.807) is 18.3 Å². The number of imidazole rings is 1. The Hall–Kier alpha value is -2.37. The Labute approximate surface area is 111 Å². The molecule has 0 radical (unpaired) electrons. The minimum atomic E-state index is -0.372. The molecule has 0 fully saturated rings. The van der Waals surface area contributed by atoms with E-state index in [0.717, 1.165) is 11.4 Å². The molecular formula is C13H16N4O2. The van der Waals surface area contributed by atoms with E-state index in [9.17, 15) is 10.1 Å². The first-order chi connectivity index (χ1) is 9.08. The van der Waals surface area contributed by atoms with Crippen molar-refractivity contribution in [3.05, 3.63) is 52.1 Å². The second-order valence-electron chi connectivity index (χ2n) is 4.41. The monoisotopic (exact) mass is 260 g/mol. The number of nitro groups is 1. The van der Waals surface area contributed by atoms with E-state index in [0.29, 0.717) is 18.7 Å². The topological polar surface area (TPSA) is 73.0 Å². The lowest BCUT2D eigenvalue weighted by atomic mass is 10.2. The average Bonchev–Trinajstić information content (AvgIpc) is 2.75. The fourth-order valence-electron chi connectivity index (χ4n) is 1.90. The zero-order chi connectivity index (χ0) is 13.8. The zero-order valence-electron chi connectivity index (χ0n) is 11.0. The maximum absolute atomic E-state index is 10.9. The van der Waals surface area contributed by atoms with E-state index in [1.165, 1.54) is 6.07 Å². The fraction of sp³-hybridized carbons (Fsp3) is 0.308. The summed E-state index contributed by atoms with van der Waals surface area (Å²) >= 11 is 0. The Morgan fingerprint density at radius 3 is 2.89 bits per heavy atom. The van der Waals surface area contributed by atoms with E-state index < -0.39 is 0 Å². The number of nitrogens with zero attached hydrogens (tertiary/aromatic N) is 3. The molecule has 1 heterocycles. The highest BCUT2D eigenvalue weighted by Crippen LogP contribution is 2.24. The van der Waals surface area contributed by atoms with Gasteiger partial charge >= 0.3 is 0 Å². The minimum Gasteiger partial charge on any atom is -0.379 e. The number of hydrogen-bond donors (Lipinski definition) is 1. The van der Waals surface area contributed by atoms with E-state index in [4.69, 9.17) is 0 Å². The van der Waals surface area contributed by atoms with Gasteiger partial charge in [0, 0.05) is 38.5 Å². The van der Waals surface area contributed by atoms with Crippen molar-refractivity contribution in [3.63, 3.8) is 0 Å². The van der Waals surface area contributed by atoms with E-state index in [2.05, 4.69) is 10.3 Å². The van der Waals surface area contributed by atoms with Gasteiger partial charge in [-0.05, 0) is 18.6 Å². The SMILES string of the molecule is Cc1ccc([N+](=O)[O-])c(NCCc2nccn2C)c1. The van der Waals surface area contributed by atoms with Gasteiger partial charge in [0.25, 0.3) is 5.69 Å². The van der Waals surface area contributed by atoms with Crippen molar-refractivity contribution in [1.29, 1.82) is 0 Å². The van der Waals surface area contributed by atoms with Crippen LogP contribution in [0.3, 0.4) is 0 Å². The average molecular weight is 260 g/mol. The van der Waals surface area contributed by atoms with Gasteiger partial charge in [-0.25, -0.2) is 4.98 Å². The van der Waals surface area contributed by atoms with E-state index in [1.807, 2.05) is 24.7 Å². The van der Waals surface area contributed by atoms with Crippen LogP contribution >= 0.6 is 0 Å². The van der Waals surface area contributed by atoms with Crippen LogP contribution in [0.25, 0.3) is 0 Å². The number of nitro benzene ring substituents is 1. The summed E-state index contributed by atoms with van der Waals surface area (Å²) in [5, 5.41) is 14.0. The third-order valence-corrected chi connectivity index (χ3v) is 2.93. The van der Waals surface area contributed by atoms with Gasteiger partial charge in [0.05, 0.1) is 4.92 Å². The molecule has 0 bridgehead atoms. The molecule has 0 unspecified atom stereocenters. The largest absolute Gasteiger partial charge is 0.379 e. The predicted molar refractivity (Wildman–Crippen MR) is 73.2 cm³/mol. The van der Waals surface area contributed by atoms with Gasteiger partial charge in [0.15, 0.2) is 0 Å². The van der Waals surface area contributed by atoms with Gasteiger partial charge in [0.2, 0.25) is 0 Å². The Morgan fingerprint density at radius 2 is 2.26 bits per heavy atom. The van der Waals surface area contributed by atoms with Crippen LogP contribution in [0.5, 0.6) is 0 Å². The highest BCUT2D eigenvalue weighted by Gasteiger charge is 2.12. The molecule has 0 aliphatic rings. The summed E-state index contributed by atoms with van der Waals surface area (Å²) < 4.78 is 1.94. The van der Waals surface area contributed by atoms with Crippen LogP contribution < -0.4 is 5.32 Å². The predicted octanol–water partition coefficient (Wildman–Crippen LogP) is 2.29. The Bertz CT molecular complexity index is 592. The number of benzene rings is 1. The van der Waals surface area contributed by atoms with Crippen LogP contribution in [0, 0.1) is 17.0 Å². The van der Waals surface area contributed by atoms with Crippen molar-refractivity contribution < 1.29 is 4.92 Å². The summed E-state index contributed by atoms with van der Waals surface area (Å²) in [5.74, 6) is 0.947. The van der Waals surface area contributed by atoms with Gasteiger partial charge in [-0.3, -0.25) is 10.1 Å². The third kappa shape index (κ3) is 3.09. The lowest BCUT2D eigenvalue weighted by Crippen LogP contribution is -2.10. The molecule has 1 aromatic carbocycles. The summed E-state index contributed by atoms with van der Waals surface area (Å²) in [7, 11) is 1.93. The molecular weight excluding hydrogens is 244 g/mol. The van der Waals surface area contributed by atoms with Crippen molar-refractivity contribution >= 4 is 11.4 Å². The molecule has 100 valence electrons. The standard InChI is InChI=1S/C13H16N4O2/c1-10-3-4-12(17(18)19)11(9-10)14-6-5-13-15-7-8-16(13)2/h3-4,7-9,14H,5-6H2,1-2H3. The maximum Gasteiger partial charge on any atom is 0.292 e. The molecule has 0 saturated carbocycles. The lowest BCUT2D eigenvalue weighted by molar-refractivity contribution is -0.384. The summed E-state index contributed by atoms with van der Waals surface area (Å²) in [6, 6.07) is 5.05. The van der Waals surface area contributed by atoms with Crippen molar-refractivity contribution in [2.24, 2.45) is 7.05 Å². The van der Waals surface area contributed by atoms with Gasteiger partial charge in [-0.15, -0.1) is 0 Å². The van der Waals surface area contributed by atoms with Crippen LogP contribution in [0.15, 0.2) is 30.6 Å². The minimum absolute atomic E-state index is 0.102. The van der Waals surface area contributed by atoms with Crippen LogP contribution in [-0.2, 0) is 13.5 Å². The van der Waals surface area contributed by atoms with E-state index in [-0.39, 0.29) is 10.6 Å². The second kappa shape index (κ2) is 5.51. The normalized spacial score (nSPS) is 10.4.